The number of fused-ring (bicyclic) bond motifs is 1. The maximum Gasteiger partial charge on any atom is 0.332 e. The Morgan fingerprint density at radius 2 is 2.16 bits per heavy atom. The van der Waals surface area contributed by atoms with Crippen LogP contribution in [0.1, 0.15) is 30.4 Å². The molecule has 1 unspecified atom stereocenters. The molecule has 2 rings (SSSR count). The summed E-state index contributed by atoms with van der Waals surface area (Å²) in [5.41, 5.74) is 2.54. The second-order valence-electron chi connectivity index (χ2n) is 4.28. The first-order chi connectivity index (χ1) is 8.81. The molecule has 0 spiro atoms. The molecule has 0 fully saturated rings. The normalized spacial score (nSPS) is 16.4. The molecule has 0 N–H and O–H groups in total. The molecule has 19 heavy (non-hydrogen) atoms. The topological polar surface area (TPSA) is 35.5 Å². The molecular formula is C15H19ClO3. The average molecular weight is 283 g/mol. The van der Waals surface area contributed by atoms with Gasteiger partial charge in [-0.15, -0.1) is 12.4 Å². The van der Waals surface area contributed by atoms with Gasteiger partial charge >= 0.3 is 5.97 Å². The van der Waals surface area contributed by atoms with E-state index in [1.165, 1.54) is 11.1 Å². The quantitative estimate of drug-likeness (QED) is 0.778. The summed E-state index contributed by atoms with van der Waals surface area (Å²) in [5, 5.41) is 0. The fraction of sp³-hybridized carbons (Fsp3) is 0.400. The molecule has 0 amide bonds. The Balaban J connectivity index is 0.00000180. The van der Waals surface area contributed by atoms with Crippen LogP contribution in [-0.2, 0) is 14.3 Å². The van der Waals surface area contributed by atoms with Crippen molar-refractivity contribution in [3.8, 4) is 0 Å². The number of hydrogen-bond donors (Lipinski definition) is 0. The summed E-state index contributed by atoms with van der Waals surface area (Å²) in [6, 6.07) is 8.29. The number of hydrogen-bond acceptors (Lipinski definition) is 3. The molecule has 0 bridgehead atoms. The van der Waals surface area contributed by atoms with Gasteiger partial charge in [0.1, 0.15) is 6.61 Å². The van der Waals surface area contributed by atoms with Crippen LogP contribution in [0, 0.1) is 0 Å². The van der Waals surface area contributed by atoms with Gasteiger partial charge in [0.15, 0.2) is 0 Å². The first-order valence-corrected chi connectivity index (χ1v) is 6.30. The smallest absolute Gasteiger partial charge is 0.332 e. The van der Waals surface area contributed by atoms with Crippen LogP contribution in [0.4, 0.5) is 0 Å². The summed E-state index contributed by atoms with van der Waals surface area (Å²) in [4.78, 5) is 11.2. The van der Waals surface area contributed by atoms with Crippen molar-refractivity contribution < 1.29 is 14.3 Å². The van der Waals surface area contributed by atoms with Crippen molar-refractivity contribution >= 4 is 24.5 Å². The molecule has 0 saturated heterocycles. The van der Waals surface area contributed by atoms with Gasteiger partial charge in [-0.2, -0.15) is 0 Å². The van der Waals surface area contributed by atoms with Crippen molar-refractivity contribution in [1.29, 1.82) is 0 Å². The monoisotopic (exact) mass is 282 g/mol. The molecule has 3 nitrogen and oxygen atoms in total. The number of rotatable bonds is 5. The van der Waals surface area contributed by atoms with Gasteiger partial charge in [-0.3, -0.25) is 0 Å². The number of ether oxygens (including phenoxy) is 2. The lowest BCUT2D eigenvalue weighted by molar-refractivity contribution is -0.148. The molecule has 1 aromatic rings. The Hall–Kier alpha value is -1.32. The van der Waals surface area contributed by atoms with Gasteiger partial charge in [-0.25, -0.2) is 4.79 Å². The van der Waals surface area contributed by atoms with Gasteiger partial charge in [0.05, 0.1) is 13.2 Å². The Morgan fingerprint density at radius 1 is 1.37 bits per heavy atom. The highest BCUT2D eigenvalue weighted by atomic mass is 35.5. The number of esters is 1. The highest BCUT2D eigenvalue weighted by Gasteiger charge is 2.17. The largest absolute Gasteiger partial charge is 0.464 e. The Bertz CT molecular complexity index is 443. The summed E-state index contributed by atoms with van der Waals surface area (Å²) < 4.78 is 10.3. The first kappa shape index (κ1) is 15.7. The van der Waals surface area contributed by atoms with Crippen LogP contribution in [0.2, 0.25) is 0 Å². The maximum absolute atomic E-state index is 11.2. The lowest BCUT2D eigenvalue weighted by Gasteiger charge is -2.21. The second-order valence-corrected chi connectivity index (χ2v) is 4.28. The summed E-state index contributed by atoms with van der Waals surface area (Å²) in [6.45, 7) is 2.79. The van der Waals surface area contributed by atoms with Crippen LogP contribution in [0.15, 0.2) is 30.3 Å². The molecule has 0 aliphatic heterocycles. The second kappa shape index (κ2) is 7.97. The highest BCUT2D eigenvalue weighted by molar-refractivity contribution is 5.85. The van der Waals surface area contributed by atoms with E-state index in [1.54, 1.807) is 6.92 Å². The minimum absolute atomic E-state index is 0. The van der Waals surface area contributed by atoms with Crippen LogP contribution in [0.25, 0.3) is 6.08 Å². The molecular weight excluding hydrogens is 264 g/mol. The van der Waals surface area contributed by atoms with Crippen molar-refractivity contribution in [2.24, 2.45) is 0 Å². The molecule has 0 aromatic heterocycles. The fourth-order valence-electron chi connectivity index (χ4n) is 2.17. The Morgan fingerprint density at radius 3 is 2.95 bits per heavy atom. The molecule has 4 heteroatoms. The van der Waals surface area contributed by atoms with Crippen molar-refractivity contribution in [2.45, 2.75) is 19.3 Å². The number of benzene rings is 1. The summed E-state index contributed by atoms with van der Waals surface area (Å²) in [6.07, 6.45) is 5.25. The number of carbonyl (C=O) groups is 1. The van der Waals surface area contributed by atoms with Crippen LogP contribution in [0.5, 0.6) is 0 Å². The average Bonchev–Trinajstić information content (AvgIpc) is 2.39. The van der Waals surface area contributed by atoms with Gasteiger partial charge in [-0.1, -0.05) is 36.4 Å². The number of carbonyl (C=O) groups excluding carboxylic acids is 1. The van der Waals surface area contributed by atoms with Crippen molar-refractivity contribution in [2.75, 3.05) is 19.8 Å². The minimum atomic E-state index is -0.294. The molecule has 1 aromatic carbocycles. The summed E-state index contributed by atoms with van der Waals surface area (Å²) in [7, 11) is 0. The van der Waals surface area contributed by atoms with Crippen molar-refractivity contribution in [1.82, 2.24) is 0 Å². The summed E-state index contributed by atoms with van der Waals surface area (Å²) in [5.74, 6) is 0.0396. The number of allylic oxidation sites excluding steroid dienone is 1. The zero-order valence-corrected chi connectivity index (χ0v) is 11.8. The van der Waals surface area contributed by atoms with Crippen molar-refractivity contribution in [3.05, 3.63) is 41.5 Å². The standard InChI is InChI=1S/C15H18O3.ClH/c1-2-18-15(16)11-17-10-13-8-5-7-12-6-3-4-9-14(12)13;/h3-7,9,13H,2,8,10-11H2,1H3;1H. The third kappa shape index (κ3) is 4.37. The molecule has 1 atom stereocenters. The molecule has 0 saturated carbocycles. The van der Waals surface area contributed by atoms with Crippen LogP contribution >= 0.6 is 12.4 Å². The third-order valence-corrected chi connectivity index (χ3v) is 3.00. The Labute approximate surface area is 120 Å². The van der Waals surface area contributed by atoms with Crippen LogP contribution in [0.3, 0.4) is 0 Å². The number of halogens is 1. The summed E-state index contributed by atoms with van der Waals surface area (Å²) >= 11 is 0. The van der Waals surface area contributed by atoms with Gasteiger partial charge in [0.25, 0.3) is 0 Å². The molecule has 1 aliphatic rings. The van der Waals surface area contributed by atoms with Gasteiger partial charge in [-0.05, 0) is 24.5 Å². The molecule has 1 aliphatic carbocycles. The predicted octanol–water partition coefficient (Wildman–Crippen LogP) is 3.19. The van der Waals surface area contributed by atoms with E-state index in [1.807, 2.05) is 12.1 Å². The molecule has 0 heterocycles. The molecule has 104 valence electrons. The van der Waals surface area contributed by atoms with E-state index in [9.17, 15) is 4.79 Å². The van der Waals surface area contributed by atoms with Gasteiger partial charge in [0.2, 0.25) is 0 Å². The maximum atomic E-state index is 11.2. The predicted molar refractivity (Wildman–Crippen MR) is 77.5 cm³/mol. The van der Waals surface area contributed by atoms with Gasteiger partial charge in [0, 0.05) is 5.92 Å². The van der Waals surface area contributed by atoms with Crippen LogP contribution in [-0.4, -0.2) is 25.8 Å². The van der Waals surface area contributed by atoms with Gasteiger partial charge < -0.3 is 9.47 Å². The van der Waals surface area contributed by atoms with E-state index in [2.05, 4.69) is 24.3 Å². The van der Waals surface area contributed by atoms with Crippen molar-refractivity contribution in [3.63, 3.8) is 0 Å². The lowest BCUT2D eigenvalue weighted by Crippen LogP contribution is -2.17. The van der Waals surface area contributed by atoms with Crippen LogP contribution < -0.4 is 0 Å². The zero-order valence-electron chi connectivity index (χ0n) is 11.0. The SMILES string of the molecule is CCOC(=O)COCC1CC=Cc2ccccc21.Cl. The molecule has 0 radical (unpaired) electrons. The highest BCUT2D eigenvalue weighted by Crippen LogP contribution is 2.29. The minimum Gasteiger partial charge on any atom is -0.464 e. The van der Waals surface area contributed by atoms with E-state index in [4.69, 9.17) is 9.47 Å². The zero-order chi connectivity index (χ0) is 12.8. The lowest BCUT2D eigenvalue weighted by atomic mass is 9.88. The Kier molecular flexibility index (Phi) is 6.60. The fourth-order valence-corrected chi connectivity index (χ4v) is 2.17. The van der Waals surface area contributed by atoms with E-state index in [0.717, 1.165) is 6.42 Å². The van der Waals surface area contributed by atoms with E-state index >= 15 is 0 Å². The first-order valence-electron chi connectivity index (χ1n) is 6.30. The van der Waals surface area contributed by atoms with E-state index in [-0.39, 0.29) is 25.0 Å². The van der Waals surface area contributed by atoms with E-state index in [0.29, 0.717) is 19.1 Å². The third-order valence-electron chi connectivity index (χ3n) is 3.00. The van der Waals surface area contributed by atoms with E-state index < -0.39 is 0 Å².